The number of nitrogens with zero attached hydrogens (tertiary/aromatic N) is 2. The monoisotopic (exact) mass is 565 g/mol. The van der Waals surface area contributed by atoms with Gasteiger partial charge in [-0.3, -0.25) is 10.8 Å². The molecule has 1 aromatic rings. The first-order valence-corrected chi connectivity index (χ1v) is 8.44. The van der Waals surface area contributed by atoms with Crippen LogP contribution in [0.15, 0.2) is 30.4 Å². The zero-order valence-electron chi connectivity index (χ0n) is 13.9. The van der Waals surface area contributed by atoms with Crippen LogP contribution < -0.4 is 0 Å². The average Bonchev–Trinajstić information content (AvgIpc) is 2.60. The molecule has 1 aliphatic carbocycles. The minimum atomic E-state index is -0.124. The predicted molar refractivity (Wildman–Crippen MR) is 99.6 cm³/mol. The number of rotatable bonds is 4. The maximum absolute atomic E-state index is 8.84. The Morgan fingerprint density at radius 2 is 1.92 bits per heavy atom. The predicted octanol–water partition coefficient (Wildman–Crippen LogP) is 5.29. The minimum absolute atomic E-state index is 0. The molecule has 1 aromatic carbocycles. The Bertz CT molecular complexity index is 671. The van der Waals surface area contributed by atoms with E-state index in [1.807, 2.05) is 6.07 Å². The van der Waals surface area contributed by atoms with Crippen LogP contribution in [-0.2, 0) is 25.9 Å². The Balaban J connectivity index is 0.000000497. The van der Waals surface area contributed by atoms with Crippen LogP contribution >= 0.6 is 23.2 Å². The van der Waals surface area contributed by atoms with Gasteiger partial charge in [-0.1, -0.05) is 55.3 Å². The number of hydroxylamine groups is 1. The fraction of sp³-hybridized carbons (Fsp3) is 0.353. The number of phenols is 1. The Hall–Kier alpha value is -1.38. The molecule has 1 fully saturated rings. The number of hydrogen-bond donors (Lipinski definition) is 3. The summed E-state index contributed by atoms with van der Waals surface area (Å²) in [7, 11) is 0. The van der Waals surface area contributed by atoms with Crippen molar-refractivity contribution in [3.8, 4) is 11.8 Å². The maximum Gasteiger partial charge on any atom is 0.190 e. The van der Waals surface area contributed by atoms with E-state index in [2.05, 4.69) is 5.48 Å². The van der Waals surface area contributed by atoms with Crippen molar-refractivity contribution in [2.24, 2.45) is 0 Å². The summed E-state index contributed by atoms with van der Waals surface area (Å²) < 4.78 is 0. The van der Waals surface area contributed by atoms with Crippen LogP contribution in [0.4, 0.5) is 0 Å². The molecule has 1 saturated carbocycles. The van der Waals surface area contributed by atoms with E-state index in [1.54, 1.807) is 0 Å². The van der Waals surface area contributed by atoms with Gasteiger partial charge in [-0.05, 0) is 24.3 Å². The summed E-state index contributed by atoms with van der Waals surface area (Å²) in [5, 5.41) is 31.6. The van der Waals surface area contributed by atoms with Crippen LogP contribution in [-0.4, -0.2) is 22.2 Å². The van der Waals surface area contributed by atoms with E-state index in [9.17, 15) is 0 Å². The van der Waals surface area contributed by atoms with Crippen molar-refractivity contribution in [1.82, 2.24) is 0 Å². The number of nitrogens with one attached hydrogen (secondary N) is 2. The van der Waals surface area contributed by atoms with E-state index in [-0.39, 0.29) is 48.9 Å². The van der Waals surface area contributed by atoms with Gasteiger partial charge in [0.25, 0.3) is 0 Å². The number of hydrogen-bond acceptors (Lipinski definition) is 5. The number of allylic oxidation sites excluding steroid dienone is 1. The molecule has 26 heavy (non-hydrogen) atoms. The molecule has 0 spiro atoms. The van der Waals surface area contributed by atoms with Gasteiger partial charge in [-0.25, -0.2) is 0 Å². The quantitative estimate of drug-likeness (QED) is 0.262. The molecule has 0 atom stereocenters. The molecule has 0 radical (unpaired) electrons. The van der Waals surface area contributed by atoms with E-state index in [4.69, 9.17) is 49.2 Å². The van der Waals surface area contributed by atoms with Crippen molar-refractivity contribution in [1.29, 1.82) is 16.1 Å². The Morgan fingerprint density at radius 3 is 2.46 bits per heavy atom. The van der Waals surface area contributed by atoms with Gasteiger partial charge in [0, 0.05) is 27.1 Å². The normalized spacial score (nSPS) is 13.7. The smallest absolute Gasteiger partial charge is 0.190 e. The SMILES string of the molecule is N#Cc1ccc(O)cc1Cl.N=C(Cl)/C=C\C(=N)O[N-]C1CCCCC1.[W]. The van der Waals surface area contributed by atoms with E-state index >= 15 is 0 Å². The molecular formula is C17H19Cl2N4O2W-. The van der Waals surface area contributed by atoms with Gasteiger partial charge in [0.2, 0.25) is 0 Å². The molecule has 0 aromatic heterocycles. The summed E-state index contributed by atoms with van der Waals surface area (Å²) in [5.41, 5.74) is 4.35. The van der Waals surface area contributed by atoms with Crippen molar-refractivity contribution < 1.29 is 31.0 Å². The van der Waals surface area contributed by atoms with E-state index in [0.29, 0.717) is 5.56 Å². The van der Waals surface area contributed by atoms with Gasteiger partial charge < -0.3 is 15.4 Å². The molecule has 0 bridgehead atoms. The molecule has 2 rings (SSSR count). The van der Waals surface area contributed by atoms with Crippen molar-refractivity contribution in [3.05, 3.63) is 46.4 Å². The molecule has 1 aliphatic rings. The van der Waals surface area contributed by atoms with Gasteiger partial charge in [-0.2, -0.15) is 5.26 Å². The van der Waals surface area contributed by atoms with Gasteiger partial charge in [0.05, 0.1) is 10.6 Å². The van der Waals surface area contributed by atoms with Crippen LogP contribution in [0, 0.1) is 22.1 Å². The third-order valence-electron chi connectivity index (χ3n) is 3.33. The van der Waals surface area contributed by atoms with Gasteiger partial charge >= 0.3 is 0 Å². The van der Waals surface area contributed by atoms with Crippen LogP contribution in [0.3, 0.4) is 0 Å². The zero-order chi connectivity index (χ0) is 18.7. The number of nitriles is 1. The molecule has 140 valence electrons. The first-order chi connectivity index (χ1) is 11.9. The summed E-state index contributed by atoms with van der Waals surface area (Å²) >= 11 is 10.8. The van der Waals surface area contributed by atoms with Crippen molar-refractivity contribution in [3.63, 3.8) is 0 Å². The molecule has 6 nitrogen and oxygen atoms in total. The molecule has 3 N–H and O–H groups in total. The minimum Gasteiger partial charge on any atom is -0.574 e. The summed E-state index contributed by atoms with van der Waals surface area (Å²) in [5.74, 6) is -0.00465. The number of halogens is 2. The van der Waals surface area contributed by atoms with Gasteiger partial charge in [0.1, 0.15) is 17.0 Å². The first-order valence-electron chi connectivity index (χ1n) is 7.69. The first kappa shape index (κ1) is 24.6. The van der Waals surface area contributed by atoms with E-state index in [1.165, 1.54) is 49.6 Å². The summed E-state index contributed by atoms with van der Waals surface area (Å²) in [6, 6.07) is 6.33. The van der Waals surface area contributed by atoms with Gasteiger partial charge in [-0.15, -0.1) is 6.04 Å². The Labute approximate surface area is 177 Å². The van der Waals surface area contributed by atoms with Crippen LogP contribution in [0.5, 0.6) is 5.75 Å². The zero-order valence-corrected chi connectivity index (χ0v) is 18.4. The topological polar surface area (TPSA) is 115 Å². The molecule has 0 saturated heterocycles. The van der Waals surface area contributed by atoms with Crippen LogP contribution in [0.1, 0.15) is 37.7 Å². The number of phenolic OH excluding ortho intramolecular Hbond substituents is 1. The number of aromatic hydroxyl groups is 1. The van der Waals surface area contributed by atoms with E-state index < -0.39 is 0 Å². The summed E-state index contributed by atoms with van der Waals surface area (Å²) in [6.45, 7) is 0. The van der Waals surface area contributed by atoms with E-state index in [0.717, 1.165) is 12.8 Å². The second-order valence-electron chi connectivity index (χ2n) is 5.31. The van der Waals surface area contributed by atoms with Gasteiger partial charge in [0.15, 0.2) is 5.90 Å². The van der Waals surface area contributed by atoms with Crippen LogP contribution in [0.2, 0.25) is 5.02 Å². The molecule has 0 aliphatic heterocycles. The van der Waals surface area contributed by atoms with Crippen molar-refractivity contribution >= 4 is 34.3 Å². The Kier molecular flexibility index (Phi) is 13.0. The maximum atomic E-state index is 8.84. The second-order valence-corrected chi connectivity index (χ2v) is 6.12. The largest absolute Gasteiger partial charge is 0.574 e. The fourth-order valence-corrected chi connectivity index (χ4v) is 2.37. The molecule has 0 unspecified atom stereocenters. The summed E-state index contributed by atoms with van der Waals surface area (Å²) in [6.07, 6.45) is 8.35. The Morgan fingerprint density at radius 1 is 1.27 bits per heavy atom. The van der Waals surface area contributed by atoms with Crippen molar-refractivity contribution in [2.75, 3.05) is 0 Å². The number of benzene rings is 1. The molecular weight excluding hydrogens is 547 g/mol. The fourth-order valence-electron chi connectivity index (χ4n) is 2.09. The molecule has 9 heteroatoms. The molecule has 0 heterocycles. The second kappa shape index (κ2) is 13.8. The standard InChI is InChI=1S/C10H15ClN3O.C7H4ClNO.W/c11-9(12)6-7-10(13)15-14-8-4-2-1-3-5-8;8-7-3-6(10)2-1-5(7)4-9;/h6-8,12-13H,1-5H2;1-3,10H;/q-1;;/b7-6-,12-9?,13-10?;;. The average molecular weight is 566 g/mol. The third-order valence-corrected chi connectivity index (χ3v) is 3.77. The summed E-state index contributed by atoms with van der Waals surface area (Å²) in [4.78, 5) is 4.90. The molecule has 0 amide bonds. The third kappa shape index (κ3) is 10.6. The van der Waals surface area contributed by atoms with Crippen LogP contribution in [0.25, 0.3) is 5.48 Å². The van der Waals surface area contributed by atoms with Crippen molar-refractivity contribution in [2.45, 2.75) is 38.1 Å².